The number of esters is 1. The van der Waals surface area contributed by atoms with Gasteiger partial charge in [-0.15, -0.1) is 0 Å². The average Bonchev–Trinajstić information content (AvgIpc) is 2.33. The van der Waals surface area contributed by atoms with Gasteiger partial charge >= 0.3 is 5.97 Å². The van der Waals surface area contributed by atoms with Crippen LogP contribution in [0.4, 0.5) is 0 Å². The summed E-state index contributed by atoms with van der Waals surface area (Å²) in [5.41, 5.74) is -0.902. The van der Waals surface area contributed by atoms with Crippen LogP contribution < -0.4 is 5.32 Å². The summed E-state index contributed by atoms with van der Waals surface area (Å²) in [6, 6.07) is -0.105. The number of nitrogens with zero attached hydrogens (tertiary/aromatic N) is 1. The monoisotopic (exact) mass is 256 g/mol. The van der Waals surface area contributed by atoms with Gasteiger partial charge in [0, 0.05) is 25.6 Å². The van der Waals surface area contributed by atoms with Crippen LogP contribution in [0.15, 0.2) is 0 Å². The fourth-order valence-corrected chi connectivity index (χ4v) is 2.35. The van der Waals surface area contributed by atoms with Crippen molar-refractivity contribution < 1.29 is 14.3 Å². The van der Waals surface area contributed by atoms with Crippen LogP contribution in [0.25, 0.3) is 0 Å². The van der Waals surface area contributed by atoms with E-state index in [2.05, 4.69) is 5.32 Å². The molecule has 0 aromatic rings. The van der Waals surface area contributed by atoms with Crippen molar-refractivity contribution >= 4 is 11.9 Å². The first kappa shape index (κ1) is 15.0. The smallest absolute Gasteiger partial charge is 0.333 e. The molecular weight excluding hydrogens is 232 g/mol. The summed E-state index contributed by atoms with van der Waals surface area (Å²) in [6.07, 6.45) is 1.26. The molecule has 104 valence electrons. The summed E-state index contributed by atoms with van der Waals surface area (Å²) < 4.78 is 5.14. The van der Waals surface area contributed by atoms with E-state index < -0.39 is 5.54 Å². The summed E-state index contributed by atoms with van der Waals surface area (Å²) in [5, 5.41) is 3.24. The van der Waals surface area contributed by atoms with Gasteiger partial charge in [0.15, 0.2) is 5.54 Å². The summed E-state index contributed by atoms with van der Waals surface area (Å²) in [4.78, 5) is 26.0. The van der Waals surface area contributed by atoms with Crippen LogP contribution in [-0.2, 0) is 14.3 Å². The van der Waals surface area contributed by atoms with Gasteiger partial charge in [0.1, 0.15) is 0 Å². The van der Waals surface area contributed by atoms with Crippen LogP contribution >= 0.6 is 0 Å². The minimum Gasteiger partial charge on any atom is -0.464 e. The lowest BCUT2D eigenvalue weighted by atomic mass is 9.88. The number of carbonyl (C=O) groups excluding carboxylic acids is 2. The van der Waals surface area contributed by atoms with E-state index in [4.69, 9.17) is 4.74 Å². The second-order valence-electron chi connectivity index (χ2n) is 4.84. The Bertz CT molecular complexity index is 319. The van der Waals surface area contributed by atoms with Gasteiger partial charge in [-0.1, -0.05) is 6.92 Å². The maximum atomic E-state index is 12.2. The largest absolute Gasteiger partial charge is 0.464 e. The summed E-state index contributed by atoms with van der Waals surface area (Å²) in [6.45, 7) is 9.05. The molecular formula is C13H24N2O3. The molecule has 0 radical (unpaired) electrons. The van der Waals surface area contributed by atoms with Crippen molar-refractivity contribution in [2.75, 3.05) is 19.7 Å². The third-order valence-electron chi connectivity index (χ3n) is 3.64. The Labute approximate surface area is 109 Å². The fourth-order valence-electron chi connectivity index (χ4n) is 2.35. The van der Waals surface area contributed by atoms with Crippen LogP contribution in [0.5, 0.6) is 0 Å². The maximum Gasteiger partial charge on any atom is 0.333 e. The fraction of sp³-hybridized carbons (Fsp3) is 0.846. The Balaban J connectivity index is 2.97. The lowest BCUT2D eigenvalue weighted by Crippen LogP contribution is -2.70. The van der Waals surface area contributed by atoms with Crippen LogP contribution in [0.2, 0.25) is 0 Å². The van der Waals surface area contributed by atoms with Gasteiger partial charge in [0.05, 0.1) is 6.61 Å². The predicted molar refractivity (Wildman–Crippen MR) is 69.1 cm³/mol. The molecule has 1 saturated heterocycles. The van der Waals surface area contributed by atoms with Gasteiger partial charge in [-0.25, -0.2) is 4.79 Å². The van der Waals surface area contributed by atoms with E-state index in [1.807, 2.05) is 13.8 Å². The topological polar surface area (TPSA) is 58.6 Å². The van der Waals surface area contributed by atoms with Gasteiger partial charge in [-0.2, -0.15) is 0 Å². The number of ether oxygens (including phenoxy) is 1. The molecule has 0 aliphatic carbocycles. The molecule has 1 N–H and O–H groups in total. The Kier molecular flexibility index (Phi) is 5.14. The summed E-state index contributed by atoms with van der Waals surface area (Å²) >= 11 is 0. The van der Waals surface area contributed by atoms with E-state index in [9.17, 15) is 9.59 Å². The van der Waals surface area contributed by atoms with Crippen molar-refractivity contribution in [3.8, 4) is 0 Å². The SMILES string of the molecule is CCCC(=O)N1CCNC(C)C1(C)C(=O)OCC. The Morgan fingerprint density at radius 3 is 2.67 bits per heavy atom. The van der Waals surface area contributed by atoms with E-state index in [1.165, 1.54) is 0 Å². The molecule has 1 rings (SSSR count). The van der Waals surface area contributed by atoms with Gasteiger partial charge in [-0.05, 0) is 27.2 Å². The van der Waals surface area contributed by atoms with Crippen molar-refractivity contribution in [1.29, 1.82) is 0 Å². The molecule has 0 saturated carbocycles. The van der Waals surface area contributed by atoms with E-state index in [-0.39, 0.29) is 17.9 Å². The molecule has 5 nitrogen and oxygen atoms in total. The highest BCUT2D eigenvalue weighted by Crippen LogP contribution is 2.25. The molecule has 1 heterocycles. The zero-order chi connectivity index (χ0) is 13.8. The highest BCUT2D eigenvalue weighted by atomic mass is 16.5. The van der Waals surface area contributed by atoms with Crippen molar-refractivity contribution in [3.05, 3.63) is 0 Å². The highest BCUT2D eigenvalue weighted by molar-refractivity contribution is 5.88. The third-order valence-corrected chi connectivity index (χ3v) is 3.64. The Morgan fingerprint density at radius 1 is 1.44 bits per heavy atom. The van der Waals surface area contributed by atoms with Crippen LogP contribution in [-0.4, -0.2) is 48.1 Å². The first-order valence-corrected chi connectivity index (χ1v) is 6.69. The van der Waals surface area contributed by atoms with Crippen molar-refractivity contribution in [3.63, 3.8) is 0 Å². The maximum absolute atomic E-state index is 12.2. The molecule has 2 unspecified atom stereocenters. The Hall–Kier alpha value is -1.10. The molecule has 2 atom stereocenters. The first-order chi connectivity index (χ1) is 8.48. The zero-order valence-corrected chi connectivity index (χ0v) is 11.8. The molecule has 1 aliphatic rings. The van der Waals surface area contributed by atoms with Gasteiger partial charge in [0.2, 0.25) is 5.91 Å². The number of rotatable bonds is 4. The number of piperazine rings is 1. The second-order valence-corrected chi connectivity index (χ2v) is 4.84. The van der Waals surface area contributed by atoms with Crippen molar-refractivity contribution in [1.82, 2.24) is 10.2 Å². The molecule has 1 fully saturated rings. The molecule has 1 amide bonds. The van der Waals surface area contributed by atoms with E-state index in [0.29, 0.717) is 26.1 Å². The molecule has 18 heavy (non-hydrogen) atoms. The zero-order valence-electron chi connectivity index (χ0n) is 11.8. The molecule has 0 aromatic heterocycles. The van der Waals surface area contributed by atoms with Gasteiger partial charge in [-0.3, -0.25) is 4.79 Å². The molecule has 0 bridgehead atoms. The van der Waals surface area contributed by atoms with E-state index in [0.717, 1.165) is 6.42 Å². The van der Waals surface area contributed by atoms with E-state index in [1.54, 1.807) is 18.7 Å². The van der Waals surface area contributed by atoms with Crippen LogP contribution in [0, 0.1) is 0 Å². The molecule has 5 heteroatoms. The lowest BCUT2D eigenvalue weighted by Gasteiger charge is -2.47. The number of amides is 1. The second kappa shape index (κ2) is 6.18. The lowest BCUT2D eigenvalue weighted by molar-refractivity contribution is -0.167. The third kappa shape index (κ3) is 2.66. The molecule has 0 aromatic carbocycles. The molecule has 1 aliphatic heterocycles. The first-order valence-electron chi connectivity index (χ1n) is 6.69. The van der Waals surface area contributed by atoms with Crippen molar-refractivity contribution in [2.24, 2.45) is 0 Å². The van der Waals surface area contributed by atoms with E-state index >= 15 is 0 Å². The number of nitrogens with one attached hydrogen (secondary N) is 1. The van der Waals surface area contributed by atoms with Crippen LogP contribution in [0.1, 0.15) is 40.5 Å². The van der Waals surface area contributed by atoms with Crippen molar-refractivity contribution in [2.45, 2.75) is 52.1 Å². The quantitative estimate of drug-likeness (QED) is 0.760. The molecule has 0 spiro atoms. The van der Waals surface area contributed by atoms with Crippen LogP contribution in [0.3, 0.4) is 0 Å². The average molecular weight is 256 g/mol. The van der Waals surface area contributed by atoms with Gasteiger partial charge in [0.25, 0.3) is 0 Å². The summed E-state index contributed by atoms with van der Waals surface area (Å²) in [7, 11) is 0. The summed E-state index contributed by atoms with van der Waals surface area (Å²) in [5.74, 6) is -0.296. The highest BCUT2D eigenvalue weighted by Gasteiger charge is 2.49. The number of hydrogen-bond acceptors (Lipinski definition) is 4. The Morgan fingerprint density at radius 2 is 2.11 bits per heavy atom. The number of carbonyl (C=O) groups is 2. The predicted octanol–water partition coefficient (Wildman–Crippen LogP) is 0.929. The number of hydrogen-bond donors (Lipinski definition) is 1. The van der Waals surface area contributed by atoms with Gasteiger partial charge < -0.3 is 15.0 Å². The minimum atomic E-state index is -0.902. The minimum absolute atomic E-state index is 0.0291. The normalized spacial score (nSPS) is 28.0. The standard InChI is InChI=1S/C13H24N2O3/c1-5-7-11(16)15-9-8-14-10(3)13(15,4)12(17)18-6-2/h10,14H,5-9H2,1-4H3.